The minimum atomic E-state index is -0.948. The highest BCUT2D eigenvalue weighted by Gasteiger charge is 2.15. The molecule has 5 heteroatoms. The fourth-order valence-electron chi connectivity index (χ4n) is 1.64. The first kappa shape index (κ1) is 13.3. The monoisotopic (exact) mass is 238 g/mol. The summed E-state index contributed by atoms with van der Waals surface area (Å²) in [5.74, 6) is -0.948. The number of hydrogen-bond acceptors (Lipinski definition) is 4. The second kappa shape index (κ2) is 6.10. The molecule has 0 aliphatic rings. The largest absolute Gasteiger partial charge is 0.478 e. The van der Waals surface area contributed by atoms with Crippen LogP contribution in [0.5, 0.6) is 0 Å². The number of nitrogens with zero attached hydrogens (tertiary/aromatic N) is 1. The Morgan fingerprint density at radius 1 is 1.53 bits per heavy atom. The van der Waals surface area contributed by atoms with Crippen LogP contribution in [0.2, 0.25) is 0 Å². The summed E-state index contributed by atoms with van der Waals surface area (Å²) in [4.78, 5) is 13.1. The lowest BCUT2D eigenvalue weighted by Gasteiger charge is -2.24. The van der Waals surface area contributed by atoms with Crippen LogP contribution in [0.15, 0.2) is 18.2 Å². The quantitative estimate of drug-likeness (QED) is 0.733. The lowest BCUT2D eigenvalue weighted by molar-refractivity contribution is 0.0697. The molecule has 0 unspecified atom stereocenters. The normalized spacial score (nSPS) is 10.2. The zero-order valence-electron chi connectivity index (χ0n) is 10.1. The highest BCUT2D eigenvalue weighted by Crippen LogP contribution is 2.23. The van der Waals surface area contributed by atoms with Crippen molar-refractivity contribution >= 4 is 17.3 Å². The zero-order chi connectivity index (χ0) is 12.8. The van der Waals surface area contributed by atoms with E-state index in [1.807, 2.05) is 11.8 Å². The van der Waals surface area contributed by atoms with Gasteiger partial charge in [-0.3, -0.25) is 0 Å². The van der Waals surface area contributed by atoms with E-state index < -0.39 is 5.97 Å². The number of ether oxygens (including phenoxy) is 1. The molecule has 0 aromatic heterocycles. The summed E-state index contributed by atoms with van der Waals surface area (Å²) in [6.45, 7) is 3.84. The topological polar surface area (TPSA) is 75.8 Å². The number of likely N-dealkylation sites (N-methyl/N-ethyl adjacent to an activating group) is 1. The van der Waals surface area contributed by atoms with Gasteiger partial charge in [0.05, 0.1) is 17.9 Å². The van der Waals surface area contributed by atoms with Crippen molar-refractivity contribution in [3.63, 3.8) is 0 Å². The number of carbonyl (C=O) groups is 1. The standard InChI is InChI=1S/C12H18N2O3/c1-3-14(6-7-17-2)11-8-9(13)4-5-10(11)12(15)16/h4-5,8H,3,6-7,13H2,1-2H3,(H,15,16). The van der Waals surface area contributed by atoms with Crippen molar-refractivity contribution < 1.29 is 14.6 Å². The zero-order valence-corrected chi connectivity index (χ0v) is 10.1. The molecule has 1 rings (SSSR count). The smallest absolute Gasteiger partial charge is 0.337 e. The Labute approximate surface area is 101 Å². The van der Waals surface area contributed by atoms with E-state index in [-0.39, 0.29) is 5.56 Å². The molecule has 0 heterocycles. The first-order valence-electron chi connectivity index (χ1n) is 5.46. The number of aromatic carboxylic acids is 1. The molecule has 17 heavy (non-hydrogen) atoms. The second-order valence-electron chi connectivity index (χ2n) is 3.65. The molecule has 0 atom stereocenters. The maximum Gasteiger partial charge on any atom is 0.337 e. The molecule has 3 N–H and O–H groups in total. The summed E-state index contributed by atoms with van der Waals surface area (Å²) in [5.41, 5.74) is 7.15. The lowest BCUT2D eigenvalue weighted by atomic mass is 10.1. The molecule has 94 valence electrons. The van der Waals surface area contributed by atoms with E-state index >= 15 is 0 Å². The van der Waals surface area contributed by atoms with Gasteiger partial charge in [-0.05, 0) is 25.1 Å². The molecule has 0 aliphatic carbocycles. The van der Waals surface area contributed by atoms with Crippen molar-refractivity contribution in [2.24, 2.45) is 0 Å². The molecule has 0 amide bonds. The SMILES string of the molecule is CCN(CCOC)c1cc(N)ccc1C(=O)O. The van der Waals surface area contributed by atoms with E-state index in [4.69, 9.17) is 15.6 Å². The molecule has 0 saturated carbocycles. The first-order valence-corrected chi connectivity index (χ1v) is 5.46. The molecule has 5 nitrogen and oxygen atoms in total. The molecule has 0 spiro atoms. The van der Waals surface area contributed by atoms with Crippen LogP contribution in [0.1, 0.15) is 17.3 Å². The van der Waals surface area contributed by atoms with Gasteiger partial charge in [0.2, 0.25) is 0 Å². The van der Waals surface area contributed by atoms with Gasteiger partial charge in [0.25, 0.3) is 0 Å². The Bertz CT molecular complexity index is 393. The average Bonchev–Trinajstić information content (AvgIpc) is 2.29. The van der Waals surface area contributed by atoms with Crippen LogP contribution in [0.25, 0.3) is 0 Å². The number of carboxylic acid groups (broad SMARTS) is 1. The lowest BCUT2D eigenvalue weighted by Crippen LogP contribution is -2.28. The van der Waals surface area contributed by atoms with Crippen LogP contribution in [-0.2, 0) is 4.74 Å². The van der Waals surface area contributed by atoms with Gasteiger partial charge >= 0.3 is 5.97 Å². The van der Waals surface area contributed by atoms with Gasteiger partial charge in [0.15, 0.2) is 0 Å². The van der Waals surface area contributed by atoms with Crippen molar-refractivity contribution in [3.8, 4) is 0 Å². The summed E-state index contributed by atoms with van der Waals surface area (Å²) in [6, 6.07) is 4.81. The van der Waals surface area contributed by atoms with Crippen molar-refractivity contribution in [1.82, 2.24) is 0 Å². The summed E-state index contributed by atoms with van der Waals surface area (Å²) >= 11 is 0. The Kier molecular flexibility index (Phi) is 4.78. The number of rotatable bonds is 6. The number of nitrogen functional groups attached to an aromatic ring is 1. The third-order valence-corrected chi connectivity index (χ3v) is 2.54. The molecule has 1 aromatic rings. The Hall–Kier alpha value is -1.75. The molecular weight excluding hydrogens is 220 g/mol. The molecule has 0 fully saturated rings. The number of anilines is 2. The van der Waals surface area contributed by atoms with E-state index in [0.29, 0.717) is 31.1 Å². The van der Waals surface area contributed by atoms with Crippen LogP contribution in [0.3, 0.4) is 0 Å². The van der Waals surface area contributed by atoms with E-state index in [1.165, 1.54) is 6.07 Å². The van der Waals surface area contributed by atoms with E-state index in [1.54, 1.807) is 19.2 Å². The third-order valence-electron chi connectivity index (χ3n) is 2.54. The number of carboxylic acids is 1. The van der Waals surface area contributed by atoms with Gasteiger partial charge in [-0.25, -0.2) is 4.79 Å². The van der Waals surface area contributed by atoms with Crippen LogP contribution < -0.4 is 10.6 Å². The average molecular weight is 238 g/mol. The van der Waals surface area contributed by atoms with Crippen LogP contribution in [-0.4, -0.2) is 37.9 Å². The van der Waals surface area contributed by atoms with Gasteiger partial charge in [0.1, 0.15) is 0 Å². The fourth-order valence-corrected chi connectivity index (χ4v) is 1.64. The van der Waals surface area contributed by atoms with Crippen molar-refractivity contribution in [1.29, 1.82) is 0 Å². The van der Waals surface area contributed by atoms with Crippen LogP contribution in [0.4, 0.5) is 11.4 Å². The summed E-state index contributed by atoms with van der Waals surface area (Å²) in [6.07, 6.45) is 0. The molecule has 0 aliphatic heterocycles. The molecular formula is C12H18N2O3. The predicted molar refractivity (Wildman–Crippen MR) is 67.6 cm³/mol. The highest BCUT2D eigenvalue weighted by molar-refractivity contribution is 5.95. The maximum atomic E-state index is 11.1. The number of nitrogens with two attached hydrogens (primary N) is 1. The Balaban J connectivity index is 3.06. The van der Waals surface area contributed by atoms with Gasteiger partial charge < -0.3 is 20.5 Å². The predicted octanol–water partition coefficient (Wildman–Crippen LogP) is 1.44. The highest BCUT2D eigenvalue weighted by atomic mass is 16.5. The van der Waals surface area contributed by atoms with E-state index in [9.17, 15) is 4.79 Å². The molecule has 0 radical (unpaired) electrons. The maximum absolute atomic E-state index is 11.1. The van der Waals surface area contributed by atoms with Gasteiger partial charge in [-0.2, -0.15) is 0 Å². The molecule has 0 bridgehead atoms. The molecule has 1 aromatic carbocycles. The van der Waals surface area contributed by atoms with E-state index in [0.717, 1.165) is 0 Å². The summed E-state index contributed by atoms with van der Waals surface area (Å²) < 4.78 is 5.01. The van der Waals surface area contributed by atoms with Crippen molar-refractivity contribution in [3.05, 3.63) is 23.8 Å². The van der Waals surface area contributed by atoms with Crippen molar-refractivity contribution in [2.75, 3.05) is 37.4 Å². The van der Waals surface area contributed by atoms with Gasteiger partial charge in [-0.1, -0.05) is 0 Å². The fraction of sp³-hybridized carbons (Fsp3) is 0.417. The van der Waals surface area contributed by atoms with Crippen molar-refractivity contribution in [2.45, 2.75) is 6.92 Å². The third kappa shape index (κ3) is 3.35. The van der Waals surface area contributed by atoms with Crippen LogP contribution in [0, 0.1) is 0 Å². The number of hydrogen-bond donors (Lipinski definition) is 2. The summed E-state index contributed by atoms with van der Waals surface area (Å²) in [5, 5.41) is 9.13. The van der Waals surface area contributed by atoms with Gasteiger partial charge in [-0.15, -0.1) is 0 Å². The minimum absolute atomic E-state index is 0.261. The Morgan fingerprint density at radius 2 is 2.24 bits per heavy atom. The summed E-state index contributed by atoms with van der Waals surface area (Å²) in [7, 11) is 1.62. The number of methoxy groups -OCH3 is 1. The minimum Gasteiger partial charge on any atom is -0.478 e. The van der Waals surface area contributed by atoms with Crippen LogP contribution >= 0.6 is 0 Å². The number of benzene rings is 1. The Morgan fingerprint density at radius 3 is 2.76 bits per heavy atom. The van der Waals surface area contributed by atoms with E-state index in [2.05, 4.69) is 0 Å². The van der Waals surface area contributed by atoms with Gasteiger partial charge in [0, 0.05) is 25.9 Å². The molecule has 0 saturated heterocycles. The first-order chi connectivity index (χ1) is 8.10. The second-order valence-corrected chi connectivity index (χ2v) is 3.65.